The van der Waals surface area contributed by atoms with Crippen molar-refractivity contribution >= 4 is 34.7 Å². The molecule has 0 radical (unpaired) electrons. The van der Waals surface area contributed by atoms with Crippen molar-refractivity contribution in [1.82, 2.24) is 19.5 Å². The number of hydrogen-bond acceptors (Lipinski definition) is 8. The van der Waals surface area contributed by atoms with Crippen molar-refractivity contribution in [2.24, 2.45) is 0 Å². The molecule has 3 aromatic rings. The summed E-state index contributed by atoms with van der Waals surface area (Å²) >= 11 is 1.40. The third-order valence-electron chi connectivity index (χ3n) is 3.83. The number of carbonyl (C=O) groups is 1. The normalized spacial score (nSPS) is 11.0. The van der Waals surface area contributed by atoms with Gasteiger partial charge in [0.1, 0.15) is 0 Å². The van der Waals surface area contributed by atoms with Crippen LogP contribution in [0.3, 0.4) is 0 Å². The maximum Gasteiger partial charge on any atom is 0.305 e. The number of nitrogens with two attached hydrogens (primary N) is 1. The molecule has 0 aliphatic heterocycles. The van der Waals surface area contributed by atoms with Crippen LogP contribution in [-0.2, 0) is 16.1 Å². The number of nitrogens with zero attached hydrogens (tertiary/aromatic N) is 4. The Morgan fingerprint density at radius 2 is 2.04 bits per heavy atom. The molecular formula is C18H21N5O3S. The van der Waals surface area contributed by atoms with Crippen LogP contribution in [0.2, 0.25) is 0 Å². The van der Waals surface area contributed by atoms with E-state index in [9.17, 15) is 9.90 Å². The molecule has 0 bridgehead atoms. The van der Waals surface area contributed by atoms with E-state index < -0.39 is 0 Å². The second-order valence-corrected chi connectivity index (χ2v) is 6.87. The highest BCUT2D eigenvalue weighted by molar-refractivity contribution is 7.99. The maximum atomic E-state index is 11.4. The molecule has 2 aromatic heterocycles. The lowest BCUT2D eigenvalue weighted by molar-refractivity contribution is -0.143. The van der Waals surface area contributed by atoms with E-state index in [2.05, 4.69) is 15.0 Å². The van der Waals surface area contributed by atoms with Gasteiger partial charge >= 0.3 is 5.97 Å². The zero-order chi connectivity index (χ0) is 19.2. The van der Waals surface area contributed by atoms with Crippen LogP contribution in [0.4, 0.5) is 5.82 Å². The molecule has 0 saturated heterocycles. The number of carbonyl (C=O) groups excluding carboxylic acids is 1. The third kappa shape index (κ3) is 4.68. The highest BCUT2D eigenvalue weighted by atomic mass is 32.2. The average Bonchev–Trinajstić information content (AvgIpc) is 2.96. The standard InChI is InChI=1S/C18H21N5O3S/c1-2-26-13(24)9-6-10-27-17-21-15(19)14-16(22-17)23(18(25)20-14)11-12-7-4-3-5-8-12/h3-5,7-8H,2,6,9-11H2,1H3,(H,20,25)(H2,19,21,22). The Labute approximate surface area is 160 Å². The number of aromatic nitrogens is 4. The fourth-order valence-corrected chi connectivity index (χ4v) is 3.36. The van der Waals surface area contributed by atoms with E-state index in [1.165, 1.54) is 11.8 Å². The Balaban J connectivity index is 1.76. The number of esters is 1. The van der Waals surface area contributed by atoms with Gasteiger partial charge in [-0.3, -0.25) is 9.36 Å². The number of fused-ring (bicyclic) bond motifs is 1. The van der Waals surface area contributed by atoms with Crippen LogP contribution < -0.4 is 5.73 Å². The van der Waals surface area contributed by atoms with Gasteiger partial charge in [-0.15, -0.1) is 0 Å². The predicted molar refractivity (Wildman–Crippen MR) is 104 cm³/mol. The number of aromatic hydroxyl groups is 1. The summed E-state index contributed by atoms with van der Waals surface area (Å²) in [6.07, 6.45) is 1.00. The summed E-state index contributed by atoms with van der Waals surface area (Å²) in [5, 5.41) is 10.7. The predicted octanol–water partition coefficient (Wildman–Crippen LogP) is 2.60. The molecule has 9 heteroatoms. The van der Waals surface area contributed by atoms with Gasteiger partial charge in [-0.2, -0.15) is 4.98 Å². The summed E-state index contributed by atoms with van der Waals surface area (Å²) in [6.45, 7) is 2.59. The second-order valence-electron chi connectivity index (χ2n) is 5.80. The van der Waals surface area contributed by atoms with Crippen molar-refractivity contribution in [2.45, 2.75) is 31.5 Å². The zero-order valence-corrected chi connectivity index (χ0v) is 15.8. The zero-order valence-electron chi connectivity index (χ0n) is 15.0. The van der Waals surface area contributed by atoms with Crippen LogP contribution in [0.15, 0.2) is 35.5 Å². The minimum Gasteiger partial charge on any atom is -0.480 e. The van der Waals surface area contributed by atoms with Crippen molar-refractivity contribution in [2.75, 3.05) is 18.1 Å². The Morgan fingerprint density at radius 3 is 2.78 bits per heavy atom. The average molecular weight is 387 g/mol. The van der Waals surface area contributed by atoms with Gasteiger partial charge in [-0.25, -0.2) is 9.97 Å². The molecule has 0 aliphatic rings. The van der Waals surface area contributed by atoms with Crippen molar-refractivity contribution in [3.05, 3.63) is 35.9 Å². The van der Waals surface area contributed by atoms with Crippen LogP contribution in [0, 0.1) is 0 Å². The quantitative estimate of drug-likeness (QED) is 0.262. The van der Waals surface area contributed by atoms with Crippen molar-refractivity contribution in [1.29, 1.82) is 0 Å². The molecule has 27 heavy (non-hydrogen) atoms. The van der Waals surface area contributed by atoms with Gasteiger partial charge in [0.15, 0.2) is 22.1 Å². The summed E-state index contributed by atoms with van der Waals surface area (Å²) in [4.78, 5) is 24.2. The number of nitrogen functional groups attached to an aromatic ring is 1. The molecule has 0 spiro atoms. The van der Waals surface area contributed by atoms with Crippen molar-refractivity contribution in [3.8, 4) is 6.01 Å². The summed E-state index contributed by atoms with van der Waals surface area (Å²) in [6, 6.07) is 9.56. The minimum absolute atomic E-state index is 0.153. The molecule has 142 valence electrons. The number of benzene rings is 1. The van der Waals surface area contributed by atoms with Crippen LogP contribution in [0.25, 0.3) is 11.2 Å². The fraction of sp³-hybridized carbons (Fsp3) is 0.333. The first-order valence-corrected chi connectivity index (χ1v) is 9.62. The molecule has 3 rings (SSSR count). The molecule has 0 unspecified atom stereocenters. The lowest BCUT2D eigenvalue weighted by atomic mass is 10.2. The summed E-state index contributed by atoms with van der Waals surface area (Å²) < 4.78 is 6.51. The molecular weight excluding hydrogens is 366 g/mol. The van der Waals surface area contributed by atoms with Crippen LogP contribution in [0.5, 0.6) is 6.01 Å². The molecule has 0 fully saturated rings. The second kappa shape index (κ2) is 8.72. The fourth-order valence-electron chi connectivity index (χ4n) is 2.58. The van der Waals surface area contributed by atoms with Crippen molar-refractivity contribution in [3.63, 3.8) is 0 Å². The Bertz CT molecular complexity index is 930. The minimum atomic E-state index is -0.208. The summed E-state index contributed by atoms with van der Waals surface area (Å²) in [7, 11) is 0. The first kappa shape index (κ1) is 19.0. The van der Waals surface area contributed by atoms with Gasteiger partial charge in [0.05, 0.1) is 13.2 Å². The first-order valence-electron chi connectivity index (χ1n) is 8.63. The molecule has 3 N–H and O–H groups in total. The van der Waals surface area contributed by atoms with Gasteiger partial charge in [0.2, 0.25) is 0 Å². The monoisotopic (exact) mass is 387 g/mol. The topological polar surface area (TPSA) is 116 Å². The smallest absolute Gasteiger partial charge is 0.305 e. The maximum absolute atomic E-state index is 11.4. The van der Waals surface area contributed by atoms with E-state index in [1.807, 2.05) is 30.3 Å². The van der Waals surface area contributed by atoms with Crippen LogP contribution in [0.1, 0.15) is 25.3 Å². The van der Waals surface area contributed by atoms with Gasteiger partial charge in [-0.1, -0.05) is 42.1 Å². The third-order valence-corrected chi connectivity index (χ3v) is 4.76. The van der Waals surface area contributed by atoms with Crippen molar-refractivity contribution < 1.29 is 14.6 Å². The molecule has 0 atom stereocenters. The molecule has 0 amide bonds. The number of imidazole rings is 1. The van der Waals surface area contributed by atoms with E-state index in [4.69, 9.17) is 10.5 Å². The number of ether oxygens (including phenoxy) is 1. The molecule has 0 saturated carbocycles. The van der Waals surface area contributed by atoms with Crippen LogP contribution >= 0.6 is 11.8 Å². The molecule has 2 heterocycles. The number of hydrogen-bond donors (Lipinski definition) is 2. The highest BCUT2D eigenvalue weighted by Crippen LogP contribution is 2.27. The van der Waals surface area contributed by atoms with E-state index in [-0.39, 0.29) is 17.8 Å². The van der Waals surface area contributed by atoms with Gasteiger partial charge in [0.25, 0.3) is 6.01 Å². The number of anilines is 1. The highest BCUT2D eigenvalue weighted by Gasteiger charge is 2.16. The Morgan fingerprint density at radius 1 is 1.26 bits per heavy atom. The van der Waals surface area contributed by atoms with E-state index >= 15 is 0 Å². The molecule has 1 aromatic carbocycles. The van der Waals surface area contributed by atoms with E-state index in [0.717, 1.165) is 5.56 Å². The summed E-state index contributed by atoms with van der Waals surface area (Å²) in [5.41, 5.74) is 7.86. The van der Waals surface area contributed by atoms with Gasteiger partial charge in [0, 0.05) is 12.2 Å². The Kier molecular flexibility index (Phi) is 6.12. The SMILES string of the molecule is CCOC(=O)CCCSc1nc(N)c2nc(O)n(Cc3ccccc3)c2n1. The van der Waals surface area contributed by atoms with E-state index in [1.54, 1.807) is 11.5 Å². The first-order chi connectivity index (χ1) is 13.1. The number of rotatable bonds is 8. The van der Waals surface area contributed by atoms with E-state index in [0.29, 0.717) is 48.1 Å². The molecule has 0 aliphatic carbocycles. The van der Waals surface area contributed by atoms with Gasteiger partial charge < -0.3 is 15.6 Å². The summed E-state index contributed by atoms with van der Waals surface area (Å²) in [5.74, 6) is 0.664. The Hall–Kier alpha value is -2.81. The largest absolute Gasteiger partial charge is 0.480 e. The lowest BCUT2D eigenvalue weighted by Crippen LogP contribution is -2.04. The number of thioether (sulfide) groups is 1. The van der Waals surface area contributed by atoms with Gasteiger partial charge in [-0.05, 0) is 18.9 Å². The van der Waals surface area contributed by atoms with Crippen LogP contribution in [-0.4, -0.2) is 43.0 Å². The molecule has 8 nitrogen and oxygen atoms in total. The lowest BCUT2D eigenvalue weighted by Gasteiger charge is -2.07.